The normalized spacial score (nSPS) is 23.7. The smallest absolute Gasteiger partial charge is 0.354 e. The minimum atomic E-state index is -3.48. The van der Waals surface area contributed by atoms with Gasteiger partial charge in [-0.3, -0.25) is 0 Å². The van der Waals surface area contributed by atoms with E-state index in [4.69, 9.17) is 9.88 Å². The predicted molar refractivity (Wildman–Crippen MR) is 114 cm³/mol. The molecule has 0 bridgehead atoms. The number of amides is 2. The van der Waals surface area contributed by atoms with E-state index >= 15 is 0 Å². The lowest BCUT2D eigenvalue weighted by Gasteiger charge is -2.21. The highest BCUT2D eigenvalue weighted by atomic mass is 32.2. The van der Waals surface area contributed by atoms with Crippen LogP contribution in [-0.2, 0) is 35.7 Å². The van der Waals surface area contributed by atoms with Crippen LogP contribution < -0.4 is 15.2 Å². The molecule has 30 heavy (non-hydrogen) atoms. The quantitative estimate of drug-likeness (QED) is 0.762. The number of aryl methyl sites for hydroxylation is 2. The van der Waals surface area contributed by atoms with Gasteiger partial charge >= 0.3 is 6.03 Å². The number of nitrogens with one attached hydrogen (secondary N) is 1. The molecule has 0 saturated heterocycles. The first-order chi connectivity index (χ1) is 14.3. The van der Waals surface area contributed by atoms with Crippen molar-refractivity contribution in [1.29, 1.82) is 0 Å². The summed E-state index contributed by atoms with van der Waals surface area (Å²) in [5.74, 6) is 1.01. The number of carbonyl (C=O) groups excluding carboxylic acids is 1. The van der Waals surface area contributed by atoms with Crippen molar-refractivity contribution in [1.82, 2.24) is 9.78 Å². The molecule has 0 radical (unpaired) electrons. The number of nitrogens with zero attached hydrogens (tertiary/aromatic N) is 3. The number of ether oxygens (including phenoxy) is 1. The van der Waals surface area contributed by atoms with E-state index < -0.39 is 15.9 Å². The number of benzene rings is 1. The number of aromatic nitrogens is 2. The van der Waals surface area contributed by atoms with Gasteiger partial charge in [0.25, 0.3) is 0 Å². The molecule has 8 nitrogen and oxygen atoms in total. The van der Waals surface area contributed by atoms with Crippen LogP contribution in [0.5, 0.6) is 5.88 Å². The number of carbonyl (C=O) groups is 1. The summed E-state index contributed by atoms with van der Waals surface area (Å²) in [7, 11) is -3.48. The summed E-state index contributed by atoms with van der Waals surface area (Å²) >= 11 is 0. The molecular formula is C21H27N5O3S. The number of anilines is 1. The van der Waals surface area contributed by atoms with Crippen molar-refractivity contribution in [3.8, 4) is 5.88 Å². The maximum absolute atomic E-state index is 13.2. The Labute approximate surface area is 176 Å². The first-order valence-corrected chi connectivity index (χ1v) is 12.1. The zero-order valence-electron chi connectivity index (χ0n) is 17.3. The van der Waals surface area contributed by atoms with E-state index in [0.29, 0.717) is 30.9 Å². The first-order valence-electron chi connectivity index (χ1n) is 10.6. The lowest BCUT2D eigenvalue weighted by Crippen LogP contribution is -2.25. The van der Waals surface area contributed by atoms with E-state index in [9.17, 15) is 9.00 Å². The molecule has 2 aromatic rings. The molecular weight excluding hydrogens is 402 g/mol. The molecule has 2 amide bonds. The van der Waals surface area contributed by atoms with Crippen LogP contribution >= 0.6 is 0 Å². The van der Waals surface area contributed by atoms with E-state index in [2.05, 4.69) is 27.8 Å². The Morgan fingerprint density at radius 1 is 1.33 bits per heavy atom. The average molecular weight is 430 g/mol. The molecule has 1 aliphatic heterocycles. The molecule has 9 heteroatoms. The Balaban J connectivity index is 1.49. The van der Waals surface area contributed by atoms with E-state index in [1.807, 2.05) is 6.92 Å². The van der Waals surface area contributed by atoms with Gasteiger partial charge in [0.2, 0.25) is 5.88 Å². The van der Waals surface area contributed by atoms with Gasteiger partial charge in [-0.1, -0.05) is 19.9 Å². The second kappa shape index (κ2) is 7.09. The van der Waals surface area contributed by atoms with Gasteiger partial charge in [0.1, 0.15) is 4.90 Å². The highest BCUT2D eigenvalue weighted by Crippen LogP contribution is 2.44. The molecule has 2 heterocycles. The summed E-state index contributed by atoms with van der Waals surface area (Å²) in [6, 6.07) is 1.62. The second-order valence-corrected chi connectivity index (χ2v) is 10.5. The third kappa shape index (κ3) is 3.20. The van der Waals surface area contributed by atoms with Crippen molar-refractivity contribution in [3.05, 3.63) is 34.5 Å². The molecule has 1 aromatic carbocycles. The summed E-state index contributed by atoms with van der Waals surface area (Å²) in [6.45, 7) is 5.36. The van der Waals surface area contributed by atoms with Crippen molar-refractivity contribution in [2.24, 2.45) is 15.4 Å². The number of rotatable bonds is 2. The first kappa shape index (κ1) is 19.6. The average Bonchev–Trinajstić information content (AvgIpc) is 3.39. The van der Waals surface area contributed by atoms with Gasteiger partial charge in [-0.15, -0.1) is 4.36 Å². The van der Waals surface area contributed by atoms with Gasteiger partial charge in [0.05, 0.1) is 19.3 Å². The highest BCUT2D eigenvalue weighted by Gasteiger charge is 2.30. The zero-order chi connectivity index (χ0) is 21.0. The summed E-state index contributed by atoms with van der Waals surface area (Å²) in [5.41, 5.74) is 5.86. The van der Waals surface area contributed by atoms with Crippen molar-refractivity contribution in [3.63, 3.8) is 0 Å². The third-order valence-corrected chi connectivity index (χ3v) is 7.73. The standard InChI is InChI=1S/C21H27N5O3S/c1-12-10-26-20(29-11-12)17(9-23-26)30(22,28)25-21(27)24-19-16-5-3-4-14(16)8-15-7-6-13(2)18(15)19/h8-9,12-13H,3-7,10-11H2,1-2H3,(H3,22,24,25,27,28)/t12-,13+,30+/m0/s1. The molecule has 0 unspecified atom stereocenters. The molecule has 1 aromatic heterocycles. The summed E-state index contributed by atoms with van der Waals surface area (Å²) < 4.78 is 24.3. The van der Waals surface area contributed by atoms with Crippen LogP contribution in [0, 0.1) is 5.92 Å². The minimum Gasteiger partial charge on any atom is -0.477 e. The minimum absolute atomic E-state index is 0.168. The Bertz CT molecular complexity index is 1160. The number of fused-ring (bicyclic) bond motifs is 3. The molecule has 0 saturated carbocycles. The van der Waals surface area contributed by atoms with Gasteiger partial charge in [0.15, 0.2) is 9.92 Å². The Kier molecular flexibility index (Phi) is 4.62. The van der Waals surface area contributed by atoms with E-state index in [1.54, 1.807) is 4.68 Å². The second-order valence-electron chi connectivity index (χ2n) is 8.76. The van der Waals surface area contributed by atoms with Crippen LogP contribution in [0.25, 0.3) is 0 Å². The monoisotopic (exact) mass is 429 g/mol. The molecule has 3 aliphatic rings. The fraction of sp³-hybridized carbons (Fsp3) is 0.524. The Morgan fingerprint density at radius 2 is 2.17 bits per heavy atom. The van der Waals surface area contributed by atoms with Gasteiger partial charge < -0.3 is 10.1 Å². The molecule has 0 fully saturated rings. The van der Waals surface area contributed by atoms with Crippen molar-refractivity contribution < 1.29 is 13.7 Å². The number of urea groups is 1. The predicted octanol–water partition coefficient (Wildman–Crippen LogP) is 3.38. The Hall–Kier alpha value is -2.39. The third-order valence-electron chi connectivity index (χ3n) is 6.38. The maximum Gasteiger partial charge on any atom is 0.354 e. The summed E-state index contributed by atoms with van der Waals surface area (Å²) in [6.07, 6.45) is 6.54. The largest absolute Gasteiger partial charge is 0.477 e. The summed E-state index contributed by atoms with van der Waals surface area (Å²) in [5, 5.41) is 13.2. The fourth-order valence-corrected chi connectivity index (χ4v) is 5.96. The molecule has 2 aliphatic carbocycles. The molecule has 160 valence electrons. The van der Waals surface area contributed by atoms with Gasteiger partial charge in [-0.05, 0) is 60.3 Å². The topological polar surface area (TPSA) is 112 Å². The molecule has 0 spiro atoms. The SMILES string of the molecule is C[C@@H]1COc2c([S@](N)(=O)=NC(=O)Nc3c4c(cc5c3[C@H](C)CC5)CCC4)cnn2C1. The van der Waals surface area contributed by atoms with E-state index in [0.717, 1.165) is 37.8 Å². The van der Waals surface area contributed by atoms with Crippen LogP contribution in [0.4, 0.5) is 10.5 Å². The Morgan fingerprint density at radius 3 is 3.00 bits per heavy atom. The van der Waals surface area contributed by atoms with Gasteiger partial charge in [-0.25, -0.2) is 18.8 Å². The molecule has 3 N–H and O–H groups in total. The molecule has 3 atom stereocenters. The maximum atomic E-state index is 13.2. The lowest BCUT2D eigenvalue weighted by molar-refractivity contribution is 0.171. The lowest BCUT2D eigenvalue weighted by atomic mass is 9.95. The van der Waals surface area contributed by atoms with Crippen molar-refractivity contribution in [2.45, 2.75) is 63.3 Å². The number of hydrogen-bond acceptors (Lipinski definition) is 4. The van der Waals surface area contributed by atoms with Crippen LogP contribution in [0.15, 0.2) is 21.5 Å². The highest BCUT2D eigenvalue weighted by molar-refractivity contribution is 7.91. The zero-order valence-corrected chi connectivity index (χ0v) is 18.1. The fourth-order valence-electron chi connectivity index (χ4n) is 4.96. The molecule has 5 rings (SSSR count). The van der Waals surface area contributed by atoms with Gasteiger partial charge in [0, 0.05) is 11.6 Å². The summed E-state index contributed by atoms with van der Waals surface area (Å²) in [4.78, 5) is 13.0. The van der Waals surface area contributed by atoms with Crippen molar-refractivity contribution >= 4 is 21.6 Å². The van der Waals surface area contributed by atoms with E-state index in [1.165, 1.54) is 28.5 Å². The van der Waals surface area contributed by atoms with Crippen LogP contribution in [-0.4, -0.2) is 26.6 Å². The van der Waals surface area contributed by atoms with Gasteiger partial charge in [-0.2, -0.15) is 5.10 Å². The number of hydrogen-bond donors (Lipinski definition) is 2. The van der Waals surface area contributed by atoms with Crippen LogP contribution in [0.1, 0.15) is 54.9 Å². The van der Waals surface area contributed by atoms with Crippen LogP contribution in [0.2, 0.25) is 0 Å². The number of nitrogens with two attached hydrogens (primary N) is 1. The van der Waals surface area contributed by atoms with Crippen molar-refractivity contribution in [2.75, 3.05) is 11.9 Å². The van der Waals surface area contributed by atoms with E-state index in [-0.39, 0.29) is 4.90 Å². The van der Waals surface area contributed by atoms with Crippen LogP contribution in [0.3, 0.4) is 0 Å².